The second-order valence-corrected chi connectivity index (χ2v) is 12.7. The maximum absolute atomic E-state index is 12.1. The van der Waals surface area contributed by atoms with Crippen molar-refractivity contribution >= 4 is 20.0 Å². The number of rotatable bonds is 6. The molecule has 1 rings (SSSR count). The van der Waals surface area contributed by atoms with Crippen LogP contribution in [0.15, 0.2) is 12.2 Å². The van der Waals surface area contributed by atoms with E-state index in [1.165, 1.54) is 0 Å². The van der Waals surface area contributed by atoms with E-state index in [4.69, 9.17) is 4.74 Å². The van der Waals surface area contributed by atoms with Gasteiger partial charge in [0.1, 0.15) is 6.54 Å². The third-order valence-corrected chi connectivity index (χ3v) is 5.45. The van der Waals surface area contributed by atoms with Crippen LogP contribution in [0.5, 0.6) is 0 Å². The standard InChI is InChI=1S/C16H29NO4Si/c1-22(2,3)11-10-21-15(19)12-17-16(20)13-6-4-5-7-14(18)9-8-13/h5,7,13-14,18H,4,6,8-12H2,1-3H3,(H,17,20)/b7-5+/t13-,14-/m0/s1. The van der Waals surface area contributed by atoms with Gasteiger partial charge in [-0.25, -0.2) is 0 Å². The third-order valence-electron chi connectivity index (χ3n) is 3.74. The molecule has 6 heteroatoms. The quantitative estimate of drug-likeness (QED) is 0.445. The molecule has 1 amide bonds. The molecule has 0 aromatic heterocycles. The highest BCUT2D eigenvalue weighted by molar-refractivity contribution is 6.76. The molecule has 2 atom stereocenters. The molecule has 2 N–H and O–H groups in total. The molecule has 1 aliphatic carbocycles. The van der Waals surface area contributed by atoms with Crippen LogP contribution in [0.2, 0.25) is 25.7 Å². The van der Waals surface area contributed by atoms with E-state index in [9.17, 15) is 14.7 Å². The first kappa shape index (κ1) is 18.9. The number of nitrogens with one attached hydrogen (secondary N) is 1. The lowest BCUT2D eigenvalue weighted by Gasteiger charge is -2.19. The van der Waals surface area contributed by atoms with Crippen molar-refractivity contribution in [3.8, 4) is 0 Å². The maximum atomic E-state index is 12.1. The van der Waals surface area contributed by atoms with Crippen molar-refractivity contribution in [2.45, 2.75) is 57.5 Å². The van der Waals surface area contributed by atoms with Crippen LogP contribution >= 0.6 is 0 Å². The Labute approximate surface area is 134 Å². The minimum atomic E-state index is -1.21. The Balaban J connectivity index is 2.26. The van der Waals surface area contributed by atoms with Crippen molar-refractivity contribution in [1.82, 2.24) is 5.32 Å². The molecule has 0 aromatic carbocycles. The molecule has 0 fully saturated rings. The van der Waals surface area contributed by atoms with Crippen molar-refractivity contribution in [1.29, 1.82) is 0 Å². The second kappa shape index (κ2) is 9.10. The zero-order valence-corrected chi connectivity index (χ0v) is 14.9. The van der Waals surface area contributed by atoms with E-state index in [1.807, 2.05) is 6.08 Å². The summed E-state index contributed by atoms with van der Waals surface area (Å²) in [6.07, 6.45) is 5.97. The van der Waals surface area contributed by atoms with Crippen molar-refractivity contribution in [3.05, 3.63) is 12.2 Å². The van der Waals surface area contributed by atoms with Crippen LogP contribution < -0.4 is 5.32 Å². The van der Waals surface area contributed by atoms with Crippen LogP contribution in [-0.4, -0.2) is 44.3 Å². The Hall–Kier alpha value is -1.14. The summed E-state index contributed by atoms with van der Waals surface area (Å²) in [5, 5.41) is 12.3. The van der Waals surface area contributed by atoms with Gasteiger partial charge in [0, 0.05) is 14.0 Å². The molecule has 0 bridgehead atoms. The Morgan fingerprint density at radius 2 is 2.00 bits per heavy atom. The zero-order chi connectivity index (χ0) is 16.6. The summed E-state index contributed by atoms with van der Waals surface area (Å²) in [5.74, 6) is -0.642. The van der Waals surface area contributed by atoms with E-state index < -0.39 is 14.2 Å². The van der Waals surface area contributed by atoms with Crippen molar-refractivity contribution < 1.29 is 19.4 Å². The smallest absolute Gasteiger partial charge is 0.325 e. The van der Waals surface area contributed by atoms with Crippen molar-refractivity contribution in [2.75, 3.05) is 13.2 Å². The van der Waals surface area contributed by atoms with E-state index >= 15 is 0 Å². The molecule has 0 spiro atoms. The maximum Gasteiger partial charge on any atom is 0.325 e. The number of hydrogen-bond acceptors (Lipinski definition) is 4. The predicted molar refractivity (Wildman–Crippen MR) is 89.2 cm³/mol. The minimum absolute atomic E-state index is 0.0700. The Bertz CT molecular complexity index is 403. The molecule has 5 nitrogen and oxygen atoms in total. The van der Waals surface area contributed by atoms with E-state index in [2.05, 4.69) is 25.0 Å². The van der Waals surface area contributed by atoms with E-state index in [0.29, 0.717) is 19.4 Å². The van der Waals surface area contributed by atoms with Gasteiger partial charge in [-0.15, -0.1) is 0 Å². The average molecular weight is 327 g/mol. The molecule has 22 heavy (non-hydrogen) atoms. The third kappa shape index (κ3) is 8.34. The lowest BCUT2D eigenvalue weighted by atomic mass is 9.92. The van der Waals surface area contributed by atoms with Crippen molar-refractivity contribution in [2.24, 2.45) is 5.92 Å². The lowest BCUT2D eigenvalue weighted by Crippen LogP contribution is -2.36. The molecule has 0 saturated heterocycles. The van der Waals surface area contributed by atoms with Crippen LogP contribution in [0, 0.1) is 5.92 Å². The van der Waals surface area contributed by atoms with Gasteiger partial charge in [-0.1, -0.05) is 31.8 Å². The fourth-order valence-electron chi connectivity index (χ4n) is 2.25. The monoisotopic (exact) mass is 327 g/mol. The molecular formula is C16H29NO4Si. The largest absolute Gasteiger partial charge is 0.465 e. The number of aliphatic hydroxyl groups excluding tert-OH is 1. The Morgan fingerprint density at radius 1 is 1.27 bits per heavy atom. The van der Waals surface area contributed by atoms with Crippen molar-refractivity contribution in [3.63, 3.8) is 0 Å². The fraction of sp³-hybridized carbons (Fsp3) is 0.750. The molecule has 0 saturated carbocycles. The highest BCUT2D eigenvalue weighted by Crippen LogP contribution is 2.19. The topological polar surface area (TPSA) is 75.6 Å². The van der Waals surface area contributed by atoms with Gasteiger partial charge < -0.3 is 15.2 Å². The highest BCUT2D eigenvalue weighted by Gasteiger charge is 2.21. The highest BCUT2D eigenvalue weighted by atomic mass is 28.3. The van der Waals surface area contributed by atoms with Gasteiger partial charge in [-0.2, -0.15) is 0 Å². The number of esters is 1. The first-order valence-corrected chi connectivity index (χ1v) is 11.8. The summed E-state index contributed by atoms with van der Waals surface area (Å²) in [7, 11) is -1.21. The van der Waals surface area contributed by atoms with Crippen LogP contribution in [-0.2, 0) is 14.3 Å². The molecule has 0 radical (unpaired) electrons. The zero-order valence-electron chi connectivity index (χ0n) is 13.9. The predicted octanol–water partition coefficient (Wildman–Crippen LogP) is 2.09. The molecule has 1 aliphatic rings. The van der Waals surface area contributed by atoms with Gasteiger partial charge in [0.05, 0.1) is 12.7 Å². The summed E-state index contributed by atoms with van der Waals surface area (Å²) >= 11 is 0. The SMILES string of the molecule is C[Si](C)(C)CCOC(=O)CNC(=O)[C@H]1CC/C=C/[C@H](O)CC1. The van der Waals surface area contributed by atoms with E-state index in [0.717, 1.165) is 18.9 Å². The summed E-state index contributed by atoms with van der Waals surface area (Å²) in [6.45, 7) is 7.03. The summed E-state index contributed by atoms with van der Waals surface area (Å²) in [5.41, 5.74) is 0. The summed E-state index contributed by atoms with van der Waals surface area (Å²) in [6, 6.07) is 0.930. The van der Waals surface area contributed by atoms with Gasteiger partial charge in [0.2, 0.25) is 5.91 Å². The first-order valence-electron chi connectivity index (χ1n) is 8.06. The van der Waals surface area contributed by atoms with Gasteiger partial charge in [0.25, 0.3) is 0 Å². The fourth-order valence-corrected chi connectivity index (χ4v) is 2.97. The molecule has 0 aliphatic heterocycles. The Morgan fingerprint density at radius 3 is 2.68 bits per heavy atom. The van der Waals surface area contributed by atoms with E-state index in [-0.39, 0.29) is 24.3 Å². The minimum Gasteiger partial charge on any atom is -0.465 e. The number of carbonyl (C=O) groups excluding carboxylic acids is 2. The van der Waals surface area contributed by atoms with E-state index in [1.54, 1.807) is 6.08 Å². The van der Waals surface area contributed by atoms with Gasteiger partial charge in [-0.3, -0.25) is 9.59 Å². The van der Waals surface area contributed by atoms with Crippen LogP contribution in [0.3, 0.4) is 0 Å². The number of hydrogen-bond donors (Lipinski definition) is 2. The van der Waals surface area contributed by atoms with Gasteiger partial charge >= 0.3 is 5.97 Å². The number of carbonyl (C=O) groups is 2. The summed E-state index contributed by atoms with van der Waals surface area (Å²) < 4.78 is 5.15. The molecule has 0 unspecified atom stereocenters. The molecule has 0 heterocycles. The molecular weight excluding hydrogens is 298 g/mol. The average Bonchev–Trinajstić information content (AvgIpc) is 2.39. The molecule has 0 aromatic rings. The number of aliphatic hydroxyl groups is 1. The molecule has 126 valence electrons. The van der Waals surface area contributed by atoms with Gasteiger partial charge in [0.15, 0.2) is 0 Å². The van der Waals surface area contributed by atoms with Crippen LogP contribution in [0.25, 0.3) is 0 Å². The lowest BCUT2D eigenvalue weighted by molar-refractivity contribution is -0.143. The number of allylic oxidation sites excluding steroid dienone is 1. The number of amides is 1. The summed E-state index contributed by atoms with van der Waals surface area (Å²) in [4.78, 5) is 23.7. The normalized spacial score (nSPS) is 24.0. The first-order chi connectivity index (χ1) is 10.3. The second-order valence-electron chi connectivity index (χ2n) is 7.10. The van der Waals surface area contributed by atoms with Gasteiger partial charge in [-0.05, 0) is 31.7 Å². The number of ether oxygens (including phenoxy) is 1. The van der Waals surface area contributed by atoms with Crippen LogP contribution in [0.4, 0.5) is 0 Å². The van der Waals surface area contributed by atoms with Crippen LogP contribution in [0.1, 0.15) is 25.7 Å². The Kier molecular flexibility index (Phi) is 7.82.